The minimum Gasteiger partial charge on any atom is -0.454 e. The second-order valence-electron chi connectivity index (χ2n) is 13.8. The fraction of sp³-hybridized carbons (Fsp3) is 0.297. The van der Waals surface area contributed by atoms with Crippen LogP contribution in [0.3, 0.4) is 0 Å². The van der Waals surface area contributed by atoms with Crippen molar-refractivity contribution in [1.82, 2.24) is 20.3 Å². The highest BCUT2D eigenvalue weighted by molar-refractivity contribution is 6.30. The van der Waals surface area contributed by atoms with Crippen molar-refractivity contribution in [1.29, 1.82) is 0 Å². The van der Waals surface area contributed by atoms with E-state index in [1.165, 1.54) is 18.2 Å². The van der Waals surface area contributed by atoms with Gasteiger partial charge < -0.3 is 31.3 Å². The van der Waals surface area contributed by atoms with Gasteiger partial charge in [-0.25, -0.2) is 8.78 Å². The van der Waals surface area contributed by atoms with Gasteiger partial charge in [-0.05, 0) is 66.3 Å². The molecule has 0 aliphatic heterocycles. The minimum absolute atomic E-state index is 0.00679. The Bertz CT molecular complexity index is 2260. The molecule has 5 N–H and O–H groups in total. The first kappa shape index (κ1) is 38.9. The van der Waals surface area contributed by atoms with Crippen LogP contribution >= 0.6 is 11.6 Å². The zero-order chi connectivity index (χ0) is 39.5. The van der Waals surface area contributed by atoms with Gasteiger partial charge in [0.2, 0.25) is 11.9 Å². The third kappa shape index (κ3) is 9.83. The molecule has 1 amide bonds. The number of rotatable bonds is 16. The molecule has 1 saturated carbocycles. The number of hydrogen-bond acceptors (Lipinski definition) is 11. The second kappa shape index (κ2) is 15.5. The minimum atomic E-state index is -4.62. The van der Waals surface area contributed by atoms with E-state index < -0.39 is 58.1 Å². The largest absolute Gasteiger partial charge is 0.454 e. The second-order valence-corrected chi connectivity index (χ2v) is 14.2. The van der Waals surface area contributed by atoms with Crippen LogP contribution in [-0.4, -0.2) is 46.7 Å². The maximum atomic E-state index is 14.0. The number of nitrogens with zero attached hydrogens (tertiary/aromatic N) is 3. The molecule has 0 bridgehead atoms. The summed E-state index contributed by atoms with van der Waals surface area (Å²) >= 11 is 6.03. The maximum Gasteiger partial charge on any atom is 0.422 e. The Morgan fingerprint density at radius 2 is 1.51 bits per heavy atom. The predicted molar refractivity (Wildman–Crippen MR) is 197 cm³/mol. The van der Waals surface area contributed by atoms with Crippen molar-refractivity contribution < 1.29 is 31.5 Å². The number of benzene rings is 3. The monoisotopic (exact) mass is 784 g/mol. The smallest absolute Gasteiger partial charge is 0.422 e. The highest BCUT2D eigenvalue weighted by Crippen LogP contribution is 2.48. The molecule has 12 nitrogen and oxygen atoms in total. The van der Waals surface area contributed by atoms with Crippen LogP contribution in [0.2, 0.25) is 5.02 Å². The summed E-state index contributed by atoms with van der Waals surface area (Å²) in [4.78, 5) is 49.8. The Balaban J connectivity index is 1.05. The van der Waals surface area contributed by atoms with E-state index in [1.807, 2.05) is 26.0 Å². The Labute approximate surface area is 315 Å². The van der Waals surface area contributed by atoms with E-state index in [1.54, 1.807) is 24.3 Å². The van der Waals surface area contributed by atoms with Crippen molar-refractivity contribution in [2.75, 3.05) is 41.0 Å². The highest BCUT2D eigenvalue weighted by Gasteiger charge is 2.45. The van der Waals surface area contributed by atoms with Crippen molar-refractivity contribution in [3.05, 3.63) is 121 Å². The summed E-state index contributed by atoms with van der Waals surface area (Å²) in [5.41, 5.74) is -0.913. The molecule has 1 aliphatic rings. The van der Waals surface area contributed by atoms with E-state index in [0.717, 1.165) is 30.5 Å². The van der Waals surface area contributed by atoms with Crippen LogP contribution in [0, 0.1) is 17.0 Å². The lowest BCUT2D eigenvalue weighted by molar-refractivity contribution is -0.154. The van der Waals surface area contributed by atoms with Crippen LogP contribution in [0.4, 0.5) is 50.9 Å². The lowest BCUT2D eigenvalue weighted by Gasteiger charge is -2.27. The molecule has 55 heavy (non-hydrogen) atoms. The molecule has 1 aliphatic carbocycles. The van der Waals surface area contributed by atoms with E-state index >= 15 is 0 Å². The molecule has 5 aromatic rings. The zero-order valence-electron chi connectivity index (χ0n) is 29.3. The number of anilines is 5. The number of hydrogen-bond donors (Lipinski definition) is 5. The third-order valence-electron chi connectivity index (χ3n) is 8.73. The van der Waals surface area contributed by atoms with Gasteiger partial charge in [-0.3, -0.25) is 14.4 Å². The lowest BCUT2D eigenvalue weighted by atomic mass is 9.93. The van der Waals surface area contributed by atoms with Gasteiger partial charge in [0.1, 0.15) is 23.0 Å². The van der Waals surface area contributed by atoms with Gasteiger partial charge in [-0.2, -0.15) is 28.1 Å². The van der Waals surface area contributed by atoms with E-state index in [2.05, 4.69) is 41.5 Å². The summed E-state index contributed by atoms with van der Waals surface area (Å²) in [6.45, 7) is 2.24. The first-order chi connectivity index (χ1) is 26.0. The molecule has 6 rings (SSSR count). The van der Waals surface area contributed by atoms with Crippen molar-refractivity contribution in [2.45, 2.75) is 44.9 Å². The lowest BCUT2D eigenvalue weighted by Crippen LogP contribution is -2.42. The van der Waals surface area contributed by atoms with E-state index in [9.17, 15) is 36.3 Å². The number of carbonyl (C=O) groups excluding carboxylic acids is 1. The molecule has 0 saturated heterocycles. The van der Waals surface area contributed by atoms with Gasteiger partial charge in [-0.15, -0.1) is 0 Å². The number of carbonyl (C=O) groups is 1. The average Bonchev–Trinajstić information content (AvgIpc) is 3.91. The molecule has 1 fully saturated rings. The summed E-state index contributed by atoms with van der Waals surface area (Å²) in [5, 5.41) is 15.2. The van der Waals surface area contributed by atoms with Crippen LogP contribution < -0.4 is 42.2 Å². The Kier molecular flexibility index (Phi) is 10.9. The molecule has 1 heterocycles. The molecule has 0 unspecified atom stereocenters. The van der Waals surface area contributed by atoms with E-state index in [-0.39, 0.29) is 48.5 Å². The SMILES string of the molecule is CC(C)(CNC(=O)c1ccc(Nc2nc(NC3(c4ccc(Cl)cc4)CC3)nc(OCC(F)(F)F)n2)cc1)CNc1c(NCc2ccc(F)cc2F)c(=O)c1=O. The molecule has 0 atom stereocenters. The van der Waals surface area contributed by atoms with Gasteiger partial charge in [0.25, 0.3) is 16.8 Å². The standard InChI is InChI=1S/C37H34ClF5N8O4/c1-35(2,17-45-28-27(29(52)30(28)53)44-16-21-3-10-24(39)15-26(21)40)18-46-31(54)20-4-11-25(12-5-20)47-32-48-33(50-34(49-32)55-19-37(41,42)43)51-36(13-14-36)22-6-8-23(38)9-7-22/h3-12,15,44-45H,13-14,16-19H2,1-2H3,(H,46,54)(H2,47,48,49,50,51). The number of alkyl halides is 3. The predicted octanol–water partition coefficient (Wildman–Crippen LogP) is 6.67. The summed E-state index contributed by atoms with van der Waals surface area (Å²) in [6.07, 6.45) is -3.18. The third-order valence-corrected chi connectivity index (χ3v) is 8.99. The van der Waals surface area contributed by atoms with Crippen LogP contribution in [0.1, 0.15) is 48.2 Å². The topological polar surface area (TPSA) is 159 Å². The quantitative estimate of drug-likeness (QED) is 0.0538. The molecule has 4 aromatic carbocycles. The van der Waals surface area contributed by atoms with Gasteiger partial charge >= 0.3 is 12.2 Å². The van der Waals surface area contributed by atoms with Crippen molar-refractivity contribution >= 4 is 46.5 Å². The molecule has 0 spiro atoms. The van der Waals surface area contributed by atoms with Crippen LogP contribution in [0.25, 0.3) is 0 Å². The first-order valence-corrected chi connectivity index (χ1v) is 17.3. The maximum absolute atomic E-state index is 14.0. The summed E-state index contributed by atoms with van der Waals surface area (Å²) in [6, 6.07) is 15.8. The van der Waals surface area contributed by atoms with E-state index in [0.29, 0.717) is 16.3 Å². The Morgan fingerprint density at radius 3 is 2.15 bits per heavy atom. The van der Waals surface area contributed by atoms with Crippen molar-refractivity contribution in [3.8, 4) is 6.01 Å². The van der Waals surface area contributed by atoms with Crippen molar-refractivity contribution in [3.63, 3.8) is 0 Å². The number of nitrogens with one attached hydrogen (secondary N) is 5. The number of amides is 1. The van der Waals surface area contributed by atoms with Crippen molar-refractivity contribution in [2.24, 2.45) is 5.41 Å². The van der Waals surface area contributed by atoms with Gasteiger partial charge in [0.05, 0.1) is 5.54 Å². The van der Waals surface area contributed by atoms with Gasteiger partial charge in [0.15, 0.2) is 6.61 Å². The molecule has 18 heteroatoms. The average molecular weight is 785 g/mol. The molecule has 0 radical (unpaired) electrons. The first-order valence-electron chi connectivity index (χ1n) is 16.9. The normalized spacial score (nSPS) is 13.6. The van der Waals surface area contributed by atoms with Crippen LogP contribution in [0.5, 0.6) is 6.01 Å². The van der Waals surface area contributed by atoms with Gasteiger partial charge in [0, 0.05) is 47.5 Å². The molecule has 1 aromatic heterocycles. The number of aromatic nitrogens is 3. The Morgan fingerprint density at radius 1 is 0.855 bits per heavy atom. The fourth-order valence-electron chi connectivity index (χ4n) is 5.50. The fourth-order valence-corrected chi connectivity index (χ4v) is 5.62. The zero-order valence-corrected chi connectivity index (χ0v) is 30.1. The van der Waals surface area contributed by atoms with Crippen LogP contribution in [0.15, 0.2) is 76.3 Å². The van der Waals surface area contributed by atoms with E-state index in [4.69, 9.17) is 16.3 Å². The summed E-state index contributed by atoms with van der Waals surface area (Å²) in [7, 11) is 0. The highest BCUT2D eigenvalue weighted by atomic mass is 35.5. The summed E-state index contributed by atoms with van der Waals surface area (Å²) < 4.78 is 70.9. The van der Waals surface area contributed by atoms with Gasteiger partial charge in [-0.1, -0.05) is 43.6 Å². The molecule has 288 valence electrons. The number of halogens is 6. The van der Waals surface area contributed by atoms with Crippen LogP contribution in [-0.2, 0) is 12.1 Å². The summed E-state index contributed by atoms with van der Waals surface area (Å²) in [5.74, 6) is -2.06. The molecular formula is C37H34ClF5N8O4. The Hall–Kier alpha value is -5.84. The molecular weight excluding hydrogens is 751 g/mol. The number of ether oxygens (including phenoxy) is 1.